The number of para-hydroxylation sites is 1. The van der Waals surface area contributed by atoms with Gasteiger partial charge in [0.15, 0.2) is 0 Å². The number of carbonyl (C=O) groups is 2. The molecule has 27 heavy (non-hydrogen) atoms. The number of hydrogen-bond acceptors (Lipinski definition) is 3. The Morgan fingerprint density at radius 3 is 2.56 bits per heavy atom. The van der Waals surface area contributed by atoms with E-state index in [2.05, 4.69) is 5.32 Å². The third-order valence-electron chi connectivity index (χ3n) is 4.08. The molecule has 0 aliphatic carbocycles. The van der Waals surface area contributed by atoms with E-state index in [1.807, 2.05) is 13.0 Å². The molecule has 0 saturated carbocycles. The Kier molecular flexibility index (Phi) is 7.79. The first kappa shape index (κ1) is 20.4. The van der Waals surface area contributed by atoms with Crippen molar-refractivity contribution >= 4 is 11.8 Å². The van der Waals surface area contributed by atoms with E-state index in [4.69, 9.17) is 4.74 Å². The second-order valence-corrected chi connectivity index (χ2v) is 6.13. The fourth-order valence-corrected chi connectivity index (χ4v) is 2.63. The number of ether oxygens (including phenoxy) is 1. The van der Waals surface area contributed by atoms with Crippen LogP contribution in [0.1, 0.15) is 35.7 Å². The average Bonchev–Trinajstić information content (AvgIpc) is 2.67. The van der Waals surface area contributed by atoms with Crippen LogP contribution in [0.25, 0.3) is 0 Å². The second kappa shape index (κ2) is 10.3. The molecule has 2 rings (SSSR count). The summed E-state index contributed by atoms with van der Waals surface area (Å²) in [7, 11) is 1.64. The van der Waals surface area contributed by atoms with Crippen molar-refractivity contribution in [2.24, 2.45) is 0 Å². The predicted octanol–water partition coefficient (Wildman–Crippen LogP) is 3.39. The average molecular weight is 372 g/mol. The number of nitrogens with one attached hydrogen (secondary N) is 1. The van der Waals surface area contributed by atoms with Crippen molar-refractivity contribution in [3.05, 3.63) is 65.5 Å². The van der Waals surface area contributed by atoms with Crippen LogP contribution in [0.2, 0.25) is 0 Å². The summed E-state index contributed by atoms with van der Waals surface area (Å²) in [6.07, 6.45) is 0.779. The fourth-order valence-electron chi connectivity index (χ4n) is 2.63. The molecular weight excluding hydrogens is 347 g/mol. The molecule has 0 aromatic heterocycles. The van der Waals surface area contributed by atoms with Gasteiger partial charge in [0.1, 0.15) is 11.6 Å². The van der Waals surface area contributed by atoms with Crippen molar-refractivity contribution in [1.29, 1.82) is 0 Å². The van der Waals surface area contributed by atoms with Crippen LogP contribution in [0.3, 0.4) is 0 Å². The molecular formula is C21H25FN2O3. The zero-order valence-corrected chi connectivity index (χ0v) is 15.7. The van der Waals surface area contributed by atoms with Crippen LogP contribution in [0.15, 0.2) is 48.5 Å². The Labute approximate surface area is 159 Å². The SMILES string of the molecule is CCOc1ccccc1C(=O)NCCCC(=O)N(C)Cc1ccccc1F. The molecule has 0 radical (unpaired) electrons. The topological polar surface area (TPSA) is 58.6 Å². The number of nitrogens with zero attached hydrogens (tertiary/aromatic N) is 1. The van der Waals surface area contributed by atoms with Gasteiger partial charge in [-0.2, -0.15) is 0 Å². The van der Waals surface area contributed by atoms with E-state index in [9.17, 15) is 14.0 Å². The maximum absolute atomic E-state index is 13.7. The highest BCUT2D eigenvalue weighted by Crippen LogP contribution is 2.17. The van der Waals surface area contributed by atoms with E-state index in [1.54, 1.807) is 43.4 Å². The number of amides is 2. The molecule has 0 heterocycles. The van der Waals surface area contributed by atoms with Gasteiger partial charge in [0.2, 0.25) is 5.91 Å². The van der Waals surface area contributed by atoms with Crippen molar-refractivity contribution in [1.82, 2.24) is 10.2 Å². The predicted molar refractivity (Wildman–Crippen MR) is 102 cm³/mol. The van der Waals surface area contributed by atoms with Crippen molar-refractivity contribution in [2.75, 3.05) is 20.2 Å². The van der Waals surface area contributed by atoms with Gasteiger partial charge in [-0.1, -0.05) is 30.3 Å². The van der Waals surface area contributed by atoms with Crippen LogP contribution in [0, 0.1) is 5.82 Å². The molecule has 1 N–H and O–H groups in total. The zero-order chi connectivity index (χ0) is 19.6. The number of halogens is 1. The number of hydrogen-bond donors (Lipinski definition) is 1. The van der Waals surface area contributed by atoms with Gasteiger partial charge in [0, 0.05) is 32.1 Å². The lowest BCUT2D eigenvalue weighted by Crippen LogP contribution is -2.29. The molecule has 0 saturated heterocycles. The van der Waals surface area contributed by atoms with Gasteiger partial charge in [-0.15, -0.1) is 0 Å². The number of carbonyl (C=O) groups excluding carboxylic acids is 2. The number of benzene rings is 2. The summed E-state index contributed by atoms with van der Waals surface area (Å²) in [6, 6.07) is 13.4. The third-order valence-corrected chi connectivity index (χ3v) is 4.08. The van der Waals surface area contributed by atoms with E-state index >= 15 is 0 Å². The van der Waals surface area contributed by atoms with Crippen LogP contribution in [0.5, 0.6) is 5.75 Å². The Morgan fingerprint density at radius 1 is 1.11 bits per heavy atom. The Bertz CT molecular complexity index is 780. The Hall–Kier alpha value is -2.89. The summed E-state index contributed by atoms with van der Waals surface area (Å²) in [4.78, 5) is 25.9. The second-order valence-electron chi connectivity index (χ2n) is 6.13. The summed E-state index contributed by atoms with van der Waals surface area (Å²) >= 11 is 0. The molecule has 5 nitrogen and oxygen atoms in total. The highest BCUT2D eigenvalue weighted by atomic mass is 19.1. The minimum absolute atomic E-state index is 0.0952. The van der Waals surface area contributed by atoms with E-state index in [0.29, 0.717) is 36.4 Å². The molecule has 0 atom stereocenters. The smallest absolute Gasteiger partial charge is 0.255 e. The highest BCUT2D eigenvalue weighted by molar-refractivity contribution is 5.96. The summed E-state index contributed by atoms with van der Waals surface area (Å²) in [5, 5.41) is 2.80. The molecule has 0 aliphatic rings. The molecule has 2 aromatic carbocycles. The molecule has 6 heteroatoms. The lowest BCUT2D eigenvalue weighted by atomic mass is 10.1. The summed E-state index contributed by atoms with van der Waals surface area (Å²) in [5.74, 6) is -0.107. The van der Waals surface area contributed by atoms with Crippen LogP contribution in [0.4, 0.5) is 4.39 Å². The maximum atomic E-state index is 13.7. The van der Waals surface area contributed by atoms with Crippen LogP contribution >= 0.6 is 0 Å². The lowest BCUT2D eigenvalue weighted by molar-refractivity contribution is -0.130. The van der Waals surface area contributed by atoms with Crippen molar-refractivity contribution in [3.8, 4) is 5.75 Å². The normalized spacial score (nSPS) is 10.3. The lowest BCUT2D eigenvalue weighted by Gasteiger charge is -2.17. The first-order chi connectivity index (χ1) is 13.0. The molecule has 0 spiro atoms. The Morgan fingerprint density at radius 2 is 1.81 bits per heavy atom. The molecule has 0 bridgehead atoms. The quantitative estimate of drug-likeness (QED) is 0.687. The van der Waals surface area contributed by atoms with Gasteiger partial charge in [0.05, 0.1) is 12.2 Å². The van der Waals surface area contributed by atoms with Crippen molar-refractivity contribution in [3.63, 3.8) is 0 Å². The summed E-state index contributed by atoms with van der Waals surface area (Å²) in [5.41, 5.74) is 0.955. The first-order valence-corrected chi connectivity index (χ1v) is 9.00. The molecule has 0 fully saturated rings. The van der Waals surface area contributed by atoms with Gasteiger partial charge in [-0.05, 0) is 31.5 Å². The fraction of sp³-hybridized carbons (Fsp3) is 0.333. The molecule has 2 aromatic rings. The van der Waals surface area contributed by atoms with E-state index in [0.717, 1.165) is 0 Å². The summed E-state index contributed by atoms with van der Waals surface area (Å²) in [6.45, 7) is 2.93. The Balaban J connectivity index is 1.77. The van der Waals surface area contributed by atoms with Gasteiger partial charge in [0.25, 0.3) is 5.91 Å². The largest absolute Gasteiger partial charge is 0.493 e. The molecule has 0 aliphatic heterocycles. The number of rotatable bonds is 9. The van der Waals surface area contributed by atoms with E-state index in [1.165, 1.54) is 11.0 Å². The van der Waals surface area contributed by atoms with Gasteiger partial charge < -0.3 is 15.0 Å². The monoisotopic (exact) mass is 372 g/mol. The van der Waals surface area contributed by atoms with Crippen molar-refractivity contribution in [2.45, 2.75) is 26.3 Å². The maximum Gasteiger partial charge on any atom is 0.255 e. The first-order valence-electron chi connectivity index (χ1n) is 9.00. The molecule has 2 amide bonds. The minimum atomic E-state index is -0.322. The van der Waals surface area contributed by atoms with Crippen LogP contribution < -0.4 is 10.1 Å². The molecule has 144 valence electrons. The van der Waals surface area contributed by atoms with Crippen LogP contribution in [-0.4, -0.2) is 36.9 Å². The van der Waals surface area contributed by atoms with E-state index in [-0.39, 0.29) is 30.6 Å². The van der Waals surface area contributed by atoms with Gasteiger partial charge in [-0.3, -0.25) is 9.59 Å². The highest BCUT2D eigenvalue weighted by Gasteiger charge is 2.13. The molecule has 0 unspecified atom stereocenters. The van der Waals surface area contributed by atoms with Crippen LogP contribution in [-0.2, 0) is 11.3 Å². The van der Waals surface area contributed by atoms with Gasteiger partial charge in [-0.25, -0.2) is 4.39 Å². The zero-order valence-electron chi connectivity index (χ0n) is 15.7. The van der Waals surface area contributed by atoms with Crippen molar-refractivity contribution < 1.29 is 18.7 Å². The third kappa shape index (κ3) is 6.09. The van der Waals surface area contributed by atoms with Gasteiger partial charge >= 0.3 is 0 Å². The standard InChI is InChI=1S/C21H25FN2O3/c1-3-27-19-12-7-5-10-17(19)21(26)23-14-8-13-20(25)24(2)15-16-9-4-6-11-18(16)22/h4-7,9-12H,3,8,13-15H2,1-2H3,(H,23,26). The van der Waals surface area contributed by atoms with E-state index < -0.39 is 0 Å². The minimum Gasteiger partial charge on any atom is -0.493 e. The summed E-state index contributed by atoms with van der Waals surface area (Å²) < 4.78 is 19.1.